The monoisotopic (exact) mass is 422 g/mol. The SMILES string of the molecule is CNCC(CC1CCCCC1)N1CCCC(C(O)(CCCCOC)C(F)(F)F)C1. The van der Waals surface area contributed by atoms with Gasteiger partial charge in [0.15, 0.2) is 5.60 Å². The van der Waals surface area contributed by atoms with Crippen LogP contribution in [0.1, 0.15) is 70.6 Å². The summed E-state index contributed by atoms with van der Waals surface area (Å²) in [6, 6.07) is 0.247. The first-order chi connectivity index (χ1) is 13.8. The first-order valence-corrected chi connectivity index (χ1v) is 11.5. The molecule has 0 radical (unpaired) electrons. The molecular weight excluding hydrogens is 381 g/mol. The van der Waals surface area contributed by atoms with Gasteiger partial charge in [0.05, 0.1) is 0 Å². The molecule has 172 valence electrons. The lowest BCUT2D eigenvalue weighted by Crippen LogP contribution is -2.58. The molecule has 1 aliphatic carbocycles. The van der Waals surface area contributed by atoms with E-state index in [0.717, 1.165) is 19.5 Å². The Morgan fingerprint density at radius 2 is 1.83 bits per heavy atom. The molecule has 0 aromatic heterocycles. The van der Waals surface area contributed by atoms with E-state index in [4.69, 9.17) is 4.74 Å². The summed E-state index contributed by atoms with van der Waals surface area (Å²) in [6.45, 7) is 2.38. The van der Waals surface area contributed by atoms with Gasteiger partial charge in [-0.15, -0.1) is 0 Å². The number of alkyl halides is 3. The van der Waals surface area contributed by atoms with Gasteiger partial charge in [-0.1, -0.05) is 32.1 Å². The highest BCUT2D eigenvalue weighted by Crippen LogP contribution is 2.44. The van der Waals surface area contributed by atoms with Gasteiger partial charge in [-0.3, -0.25) is 4.90 Å². The van der Waals surface area contributed by atoms with Crippen LogP contribution in [0.15, 0.2) is 0 Å². The van der Waals surface area contributed by atoms with E-state index in [-0.39, 0.29) is 12.5 Å². The molecule has 2 aliphatic rings. The largest absolute Gasteiger partial charge is 0.417 e. The van der Waals surface area contributed by atoms with Crippen molar-refractivity contribution in [3.05, 3.63) is 0 Å². The molecule has 0 spiro atoms. The maximum atomic E-state index is 13.9. The second-order valence-electron chi connectivity index (χ2n) is 9.16. The standard InChI is InChI=1S/C22H41F3N2O2/c1-26-16-20(15-18-9-4-3-5-10-18)27-13-8-11-19(17-27)21(28,22(23,24)25)12-6-7-14-29-2/h18-20,26,28H,3-17H2,1-2H3. The zero-order valence-corrected chi connectivity index (χ0v) is 18.3. The van der Waals surface area contributed by atoms with E-state index in [1.54, 1.807) is 7.11 Å². The van der Waals surface area contributed by atoms with Crippen molar-refractivity contribution in [2.24, 2.45) is 11.8 Å². The molecule has 1 saturated carbocycles. The van der Waals surface area contributed by atoms with E-state index in [1.807, 2.05) is 7.05 Å². The van der Waals surface area contributed by atoms with Crippen LogP contribution in [-0.2, 0) is 4.74 Å². The van der Waals surface area contributed by atoms with E-state index in [1.165, 1.54) is 32.1 Å². The molecule has 2 rings (SSSR count). The number of likely N-dealkylation sites (tertiary alicyclic amines) is 1. The van der Waals surface area contributed by atoms with Crippen LogP contribution in [-0.4, -0.2) is 68.2 Å². The number of unbranched alkanes of at least 4 members (excludes halogenated alkanes) is 1. The Morgan fingerprint density at radius 1 is 1.10 bits per heavy atom. The van der Waals surface area contributed by atoms with Crippen LogP contribution in [0.5, 0.6) is 0 Å². The summed E-state index contributed by atoms with van der Waals surface area (Å²) in [5.74, 6) is -0.0810. The van der Waals surface area contributed by atoms with Crippen LogP contribution in [0.4, 0.5) is 13.2 Å². The maximum Gasteiger partial charge on any atom is 0.417 e. The van der Waals surface area contributed by atoms with E-state index in [9.17, 15) is 18.3 Å². The molecule has 3 atom stereocenters. The predicted octanol–water partition coefficient (Wildman–Crippen LogP) is 4.37. The van der Waals surface area contributed by atoms with Crippen LogP contribution in [0.3, 0.4) is 0 Å². The van der Waals surface area contributed by atoms with Crippen LogP contribution in [0.2, 0.25) is 0 Å². The summed E-state index contributed by atoms with van der Waals surface area (Å²) >= 11 is 0. The van der Waals surface area contributed by atoms with Crippen molar-refractivity contribution in [2.75, 3.05) is 40.4 Å². The number of ether oxygens (including phenoxy) is 1. The number of piperidine rings is 1. The van der Waals surface area contributed by atoms with Crippen LogP contribution in [0.25, 0.3) is 0 Å². The van der Waals surface area contributed by atoms with Gasteiger partial charge in [-0.2, -0.15) is 13.2 Å². The predicted molar refractivity (Wildman–Crippen MR) is 110 cm³/mol. The molecule has 0 aromatic carbocycles. The lowest BCUT2D eigenvalue weighted by molar-refractivity contribution is -0.287. The quantitative estimate of drug-likeness (QED) is 0.486. The van der Waals surface area contributed by atoms with Crippen LogP contribution >= 0.6 is 0 Å². The lowest BCUT2D eigenvalue weighted by atomic mass is 9.77. The zero-order valence-electron chi connectivity index (χ0n) is 18.3. The fourth-order valence-electron chi connectivity index (χ4n) is 5.35. The highest BCUT2D eigenvalue weighted by molar-refractivity contribution is 4.97. The van der Waals surface area contributed by atoms with Crippen LogP contribution < -0.4 is 5.32 Å². The van der Waals surface area contributed by atoms with E-state index >= 15 is 0 Å². The summed E-state index contributed by atoms with van der Waals surface area (Å²) in [5.41, 5.74) is -2.60. The highest BCUT2D eigenvalue weighted by Gasteiger charge is 2.58. The molecule has 1 heterocycles. The average Bonchev–Trinajstić information content (AvgIpc) is 2.71. The summed E-state index contributed by atoms with van der Waals surface area (Å²) in [4.78, 5) is 2.23. The first-order valence-electron chi connectivity index (χ1n) is 11.5. The molecule has 29 heavy (non-hydrogen) atoms. The number of aliphatic hydroxyl groups is 1. The second kappa shape index (κ2) is 11.9. The third kappa shape index (κ3) is 7.08. The molecule has 7 heteroatoms. The molecule has 3 unspecified atom stereocenters. The molecule has 1 saturated heterocycles. The smallest absolute Gasteiger partial charge is 0.385 e. The van der Waals surface area contributed by atoms with Crippen molar-refractivity contribution in [1.29, 1.82) is 0 Å². The van der Waals surface area contributed by atoms with E-state index < -0.39 is 17.7 Å². The molecule has 0 bridgehead atoms. The van der Waals surface area contributed by atoms with Crippen molar-refractivity contribution >= 4 is 0 Å². The Bertz CT molecular complexity index is 458. The molecular formula is C22H41F3N2O2. The summed E-state index contributed by atoms with van der Waals surface area (Å²) in [5, 5.41) is 14.1. The summed E-state index contributed by atoms with van der Waals surface area (Å²) in [7, 11) is 3.46. The van der Waals surface area contributed by atoms with Crippen molar-refractivity contribution < 1.29 is 23.0 Å². The number of nitrogens with one attached hydrogen (secondary N) is 1. The van der Waals surface area contributed by atoms with Gasteiger partial charge in [0, 0.05) is 38.8 Å². The topological polar surface area (TPSA) is 44.7 Å². The minimum atomic E-state index is -4.60. The fourth-order valence-corrected chi connectivity index (χ4v) is 5.35. The van der Waals surface area contributed by atoms with E-state index in [0.29, 0.717) is 44.8 Å². The molecule has 1 aliphatic heterocycles. The Kier molecular flexibility index (Phi) is 10.2. The Labute approximate surface area is 174 Å². The van der Waals surface area contributed by atoms with Gasteiger partial charge < -0.3 is 15.2 Å². The van der Waals surface area contributed by atoms with Crippen LogP contribution in [0, 0.1) is 11.8 Å². The Hall–Kier alpha value is -0.370. The highest BCUT2D eigenvalue weighted by atomic mass is 19.4. The zero-order chi connectivity index (χ0) is 21.3. The first kappa shape index (κ1) is 24.9. The minimum Gasteiger partial charge on any atom is -0.385 e. The summed E-state index contributed by atoms with van der Waals surface area (Å²) in [6.07, 6.45) is 4.55. The molecule has 2 N–H and O–H groups in total. The van der Waals surface area contributed by atoms with Crippen molar-refractivity contribution in [1.82, 2.24) is 10.2 Å². The molecule has 2 fully saturated rings. The van der Waals surface area contributed by atoms with Gasteiger partial charge in [-0.05, 0) is 58.0 Å². The van der Waals surface area contributed by atoms with Gasteiger partial charge in [0.2, 0.25) is 0 Å². The molecule has 4 nitrogen and oxygen atoms in total. The van der Waals surface area contributed by atoms with Crippen molar-refractivity contribution in [2.45, 2.75) is 88.4 Å². The normalized spacial score (nSPS) is 25.7. The fraction of sp³-hybridized carbons (Fsp3) is 1.00. The van der Waals surface area contributed by atoms with Gasteiger partial charge in [0.25, 0.3) is 0 Å². The minimum absolute atomic E-state index is 0.238. The maximum absolute atomic E-state index is 13.9. The van der Waals surface area contributed by atoms with Crippen molar-refractivity contribution in [3.63, 3.8) is 0 Å². The number of nitrogens with zero attached hydrogens (tertiary/aromatic N) is 1. The van der Waals surface area contributed by atoms with Gasteiger partial charge in [0.1, 0.15) is 0 Å². The number of likely N-dealkylation sites (N-methyl/N-ethyl adjacent to an activating group) is 1. The number of halogens is 3. The third-order valence-corrected chi connectivity index (χ3v) is 7.06. The Morgan fingerprint density at radius 3 is 2.45 bits per heavy atom. The molecule has 0 amide bonds. The number of methoxy groups -OCH3 is 1. The second-order valence-corrected chi connectivity index (χ2v) is 9.16. The van der Waals surface area contributed by atoms with Crippen molar-refractivity contribution in [3.8, 4) is 0 Å². The summed E-state index contributed by atoms with van der Waals surface area (Å²) < 4.78 is 46.8. The van der Waals surface area contributed by atoms with Gasteiger partial charge >= 0.3 is 6.18 Å². The number of hydrogen-bond acceptors (Lipinski definition) is 4. The molecule has 0 aromatic rings. The lowest BCUT2D eigenvalue weighted by Gasteiger charge is -2.46. The average molecular weight is 423 g/mol. The third-order valence-electron chi connectivity index (χ3n) is 7.06. The number of hydrogen-bond donors (Lipinski definition) is 2. The number of rotatable bonds is 11. The van der Waals surface area contributed by atoms with Gasteiger partial charge in [-0.25, -0.2) is 0 Å². The van der Waals surface area contributed by atoms with E-state index in [2.05, 4.69) is 10.2 Å². The Balaban J connectivity index is 2.05.